The maximum Gasteiger partial charge on any atom is 0.122 e. The third-order valence-corrected chi connectivity index (χ3v) is 2.53. The highest BCUT2D eigenvalue weighted by Gasteiger charge is 1.91. The van der Waals surface area contributed by atoms with E-state index in [9.17, 15) is 0 Å². The van der Waals surface area contributed by atoms with E-state index in [0.717, 1.165) is 17.9 Å². The second-order valence-corrected chi connectivity index (χ2v) is 3.72. The molecule has 0 atom stereocenters. The zero-order valence-corrected chi connectivity index (χ0v) is 11.2. The van der Waals surface area contributed by atoms with Gasteiger partial charge in [-0.05, 0) is 24.1 Å². The van der Waals surface area contributed by atoms with E-state index in [2.05, 4.69) is 31.2 Å². The van der Waals surface area contributed by atoms with Gasteiger partial charge in [-0.25, -0.2) is 0 Å². The molecule has 0 fully saturated rings. The van der Waals surface area contributed by atoms with Crippen LogP contribution in [0.1, 0.15) is 12.5 Å². The Kier molecular flexibility index (Phi) is 6.41. The normalized spacial score (nSPS) is 9.06. The zero-order valence-electron chi connectivity index (χ0n) is 11.2. The first-order valence-corrected chi connectivity index (χ1v) is 6.02. The fourth-order valence-corrected chi connectivity index (χ4v) is 1.44. The molecule has 2 rings (SSSR count). The number of rotatable bonds is 3. The van der Waals surface area contributed by atoms with Crippen molar-refractivity contribution in [1.82, 2.24) is 0 Å². The maximum atomic E-state index is 4.98. The second kappa shape index (κ2) is 8.18. The van der Waals surface area contributed by atoms with Gasteiger partial charge in [-0.1, -0.05) is 43.3 Å². The molecular formula is C16H20O2. The summed E-state index contributed by atoms with van der Waals surface area (Å²) in [6.45, 7) is 2.16. The van der Waals surface area contributed by atoms with Crippen molar-refractivity contribution in [2.24, 2.45) is 0 Å². The van der Waals surface area contributed by atoms with E-state index in [0.29, 0.717) is 0 Å². The standard InChI is InChI=1S/C8H10O2.C8H10/c1-9-7-4-3-5-8(6-7)10-2;1-2-8-6-4-3-5-7-8/h3-6H,1-2H3;3-7H,2H2,1H3. The molecule has 2 nitrogen and oxygen atoms in total. The van der Waals surface area contributed by atoms with Gasteiger partial charge in [0.1, 0.15) is 11.5 Å². The van der Waals surface area contributed by atoms with Gasteiger partial charge in [0.05, 0.1) is 14.2 Å². The number of ether oxygens (including phenoxy) is 2. The maximum absolute atomic E-state index is 4.98. The lowest BCUT2D eigenvalue weighted by molar-refractivity contribution is 0.394. The summed E-state index contributed by atoms with van der Waals surface area (Å²) in [6.07, 6.45) is 1.14. The van der Waals surface area contributed by atoms with Crippen LogP contribution in [0.4, 0.5) is 0 Å². The highest BCUT2D eigenvalue weighted by molar-refractivity contribution is 5.32. The molecule has 0 unspecified atom stereocenters. The summed E-state index contributed by atoms with van der Waals surface area (Å²) in [5.41, 5.74) is 1.41. The van der Waals surface area contributed by atoms with E-state index in [1.165, 1.54) is 5.56 Å². The highest BCUT2D eigenvalue weighted by Crippen LogP contribution is 2.17. The van der Waals surface area contributed by atoms with Crippen LogP contribution in [0.5, 0.6) is 11.5 Å². The Hall–Kier alpha value is -1.96. The molecule has 0 bridgehead atoms. The number of aryl methyl sites for hydroxylation is 1. The Morgan fingerprint density at radius 2 is 1.33 bits per heavy atom. The monoisotopic (exact) mass is 244 g/mol. The van der Waals surface area contributed by atoms with Crippen LogP contribution in [0.15, 0.2) is 54.6 Å². The molecule has 0 aliphatic heterocycles. The second-order valence-electron chi connectivity index (χ2n) is 3.72. The van der Waals surface area contributed by atoms with E-state index >= 15 is 0 Å². The Morgan fingerprint density at radius 1 is 0.778 bits per heavy atom. The van der Waals surface area contributed by atoms with Gasteiger partial charge in [-0.3, -0.25) is 0 Å². The molecule has 0 N–H and O–H groups in total. The molecule has 2 heteroatoms. The molecule has 2 aromatic carbocycles. The van der Waals surface area contributed by atoms with Gasteiger partial charge in [0.2, 0.25) is 0 Å². The van der Waals surface area contributed by atoms with Gasteiger partial charge in [0.15, 0.2) is 0 Å². The third kappa shape index (κ3) is 4.91. The molecule has 0 aromatic heterocycles. The SMILES string of the molecule is CCc1ccccc1.COc1cccc(OC)c1. The predicted molar refractivity (Wildman–Crippen MR) is 75.4 cm³/mol. The van der Waals surface area contributed by atoms with Crippen LogP contribution in [0.3, 0.4) is 0 Å². The number of hydrogen-bond donors (Lipinski definition) is 0. The van der Waals surface area contributed by atoms with Crippen LogP contribution in [-0.4, -0.2) is 14.2 Å². The molecule has 0 aliphatic carbocycles. The summed E-state index contributed by atoms with van der Waals surface area (Å²) in [5, 5.41) is 0. The van der Waals surface area contributed by atoms with Crippen LogP contribution in [0.25, 0.3) is 0 Å². The average Bonchev–Trinajstić information content (AvgIpc) is 2.48. The van der Waals surface area contributed by atoms with E-state index in [-0.39, 0.29) is 0 Å². The smallest absolute Gasteiger partial charge is 0.122 e. The average molecular weight is 244 g/mol. The molecule has 2 aromatic rings. The molecule has 0 radical (unpaired) electrons. The van der Waals surface area contributed by atoms with Gasteiger partial charge in [0, 0.05) is 6.07 Å². The first-order valence-electron chi connectivity index (χ1n) is 6.02. The topological polar surface area (TPSA) is 18.5 Å². The Bertz CT molecular complexity index is 419. The van der Waals surface area contributed by atoms with Gasteiger partial charge in [-0.2, -0.15) is 0 Å². The van der Waals surface area contributed by atoms with Crippen LogP contribution in [0.2, 0.25) is 0 Å². The minimum Gasteiger partial charge on any atom is -0.497 e. The van der Waals surface area contributed by atoms with Crippen molar-refractivity contribution < 1.29 is 9.47 Å². The van der Waals surface area contributed by atoms with Gasteiger partial charge in [-0.15, -0.1) is 0 Å². The molecule has 0 heterocycles. The van der Waals surface area contributed by atoms with Gasteiger partial charge < -0.3 is 9.47 Å². The van der Waals surface area contributed by atoms with E-state index in [1.54, 1.807) is 14.2 Å². The lowest BCUT2D eigenvalue weighted by atomic mass is 10.2. The Labute approximate surface area is 109 Å². The molecule has 0 saturated heterocycles. The molecule has 0 amide bonds. The van der Waals surface area contributed by atoms with Crippen LogP contribution in [-0.2, 0) is 6.42 Å². The predicted octanol–water partition coefficient (Wildman–Crippen LogP) is 3.95. The van der Waals surface area contributed by atoms with Crippen LogP contribution < -0.4 is 9.47 Å². The Balaban J connectivity index is 0.000000184. The number of hydrogen-bond acceptors (Lipinski definition) is 2. The first kappa shape index (κ1) is 14.1. The fraction of sp³-hybridized carbons (Fsp3) is 0.250. The lowest BCUT2D eigenvalue weighted by Gasteiger charge is -2.01. The summed E-state index contributed by atoms with van der Waals surface area (Å²) in [7, 11) is 3.27. The largest absolute Gasteiger partial charge is 0.497 e. The van der Waals surface area contributed by atoms with Crippen molar-refractivity contribution in [3.63, 3.8) is 0 Å². The fourth-order valence-electron chi connectivity index (χ4n) is 1.44. The van der Waals surface area contributed by atoms with E-state index < -0.39 is 0 Å². The van der Waals surface area contributed by atoms with E-state index in [1.807, 2.05) is 30.3 Å². The summed E-state index contributed by atoms with van der Waals surface area (Å²) in [4.78, 5) is 0. The van der Waals surface area contributed by atoms with Crippen molar-refractivity contribution in [2.45, 2.75) is 13.3 Å². The molecule has 0 saturated carbocycles. The summed E-state index contributed by atoms with van der Waals surface area (Å²) in [5.74, 6) is 1.64. The lowest BCUT2D eigenvalue weighted by Crippen LogP contribution is -1.84. The highest BCUT2D eigenvalue weighted by atomic mass is 16.5. The first-order chi connectivity index (χ1) is 8.80. The molecule has 0 spiro atoms. The summed E-state index contributed by atoms with van der Waals surface area (Å²) >= 11 is 0. The van der Waals surface area contributed by atoms with Crippen molar-refractivity contribution in [2.75, 3.05) is 14.2 Å². The minimum atomic E-state index is 0.819. The summed E-state index contributed by atoms with van der Waals surface area (Å²) in [6, 6.07) is 17.9. The molecular weight excluding hydrogens is 224 g/mol. The van der Waals surface area contributed by atoms with Crippen molar-refractivity contribution in [3.05, 3.63) is 60.2 Å². The third-order valence-electron chi connectivity index (χ3n) is 2.53. The van der Waals surface area contributed by atoms with Crippen LogP contribution >= 0.6 is 0 Å². The van der Waals surface area contributed by atoms with Gasteiger partial charge in [0.25, 0.3) is 0 Å². The zero-order chi connectivity index (χ0) is 13.2. The van der Waals surface area contributed by atoms with E-state index in [4.69, 9.17) is 9.47 Å². The minimum absolute atomic E-state index is 0.819. The number of benzene rings is 2. The molecule has 96 valence electrons. The Morgan fingerprint density at radius 3 is 1.72 bits per heavy atom. The van der Waals surface area contributed by atoms with Crippen molar-refractivity contribution >= 4 is 0 Å². The van der Waals surface area contributed by atoms with Crippen LogP contribution in [0, 0.1) is 0 Å². The molecule has 0 aliphatic rings. The van der Waals surface area contributed by atoms with Crippen molar-refractivity contribution in [3.8, 4) is 11.5 Å². The van der Waals surface area contributed by atoms with Gasteiger partial charge >= 0.3 is 0 Å². The molecule has 18 heavy (non-hydrogen) atoms. The number of methoxy groups -OCH3 is 2. The quantitative estimate of drug-likeness (QED) is 0.813. The summed E-state index contributed by atoms with van der Waals surface area (Å²) < 4.78 is 9.95. The van der Waals surface area contributed by atoms with Crippen molar-refractivity contribution in [1.29, 1.82) is 0 Å².